The van der Waals surface area contributed by atoms with Crippen LogP contribution in [0.15, 0.2) is 24.3 Å². The fourth-order valence-corrected chi connectivity index (χ4v) is 3.64. The molecule has 0 saturated carbocycles. The smallest absolute Gasteiger partial charge is 0.0880 e. The standard InChI is InChI=1S/C20H34O3/c1-15(2)16-7-12-18(3,21)10-6-11-19(4)13-9-17(23-19)20(5,22)14-8-16/h6-7,11-12,15-17,21-22H,8-10,13-14H2,1-5H3/b11-6+,12-7+/t16-,17-,18+,19-,20+/m0/s1. The van der Waals surface area contributed by atoms with Crippen LogP contribution in [0.25, 0.3) is 0 Å². The number of allylic oxidation sites excluding steroid dienone is 1. The van der Waals surface area contributed by atoms with Gasteiger partial charge in [-0.25, -0.2) is 0 Å². The van der Waals surface area contributed by atoms with E-state index in [-0.39, 0.29) is 11.7 Å². The summed E-state index contributed by atoms with van der Waals surface area (Å²) in [6.45, 7) is 10.2. The largest absolute Gasteiger partial charge is 0.387 e. The van der Waals surface area contributed by atoms with Crippen LogP contribution in [0, 0.1) is 11.8 Å². The van der Waals surface area contributed by atoms with Crippen LogP contribution in [-0.2, 0) is 4.74 Å². The van der Waals surface area contributed by atoms with E-state index in [0.29, 0.717) is 24.7 Å². The summed E-state index contributed by atoms with van der Waals surface area (Å²) in [5.74, 6) is 0.832. The van der Waals surface area contributed by atoms with Crippen LogP contribution in [-0.4, -0.2) is 33.1 Å². The van der Waals surface area contributed by atoms with Crippen molar-refractivity contribution in [1.29, 1.82) is 0 Å². The van der Waals surface area contributed by atoms with E-state index in [1.807, 2.05) is 26.0 Å². The normalized spacial score (nSPS) is 48.3. The second kappa shape index (κ2) is 6.70. The first-order valence-electron chi connectivity index (χ1n) is 9.03. The molecule has 0 aromatic rings. The highest BCUT2D eigenvalue weighted by atomic mass is 16.5. The second-order valence-electron chi connectivity index (χ2n) is 8.58. The molecule has 5 atom stereocenters. The zero-order chi connectivity index (χ0) is 17.3. The minimum atomic E-state index is -0.839. The van der Waals surface area contributed by atoms with Gasteiger partial charge in [-0.1, -0.05) is 38.2 Å². The summed E-state index contributed by atoms with van der Waals surface area (Å²) < 4.78 is 6.20. The third kappa shape index (κ3) is 4.91. The van der Waals surface area contributed by atoms with E-state index < -0.39 is 11.2 Å². The number of fused-ring (bicyclic) bond motifs is 2. The Labute approximate surface area is 141 Å². The molecule has 1 fully saturated rings. The van der Waals surface area contributed by atoms with Crippen molar-refractivity contribution < 1.29 is 14.9 Å². The van der Waals surface area contributed by atoms with Gasteiger partial charge >= 0.3 is 0 Å². The Kier molecular flexibility index (Phi) is 5.44. The number of aliphatic hydroxyl groups is 2. The molecule has 2 bridgehead atoms. The van der Waals surface area contributed by atoms with Crippen molar-refractivity contribution in [3.8, 4) is 0 Å². The molecule has 3 nitrogen and oxygen atoms in total. The molecule has 1 saturated heterocycles. The molecule has 2 rings (SSSR count). The Morgan fingerprint density at radius 1 is 1.04 bits per heavy atom. The number of hydrogen-bond acceptors (Lipinski definition) is 3. The van der Waals surface area contributed by atoms with Gasteiger partial charge in [0.25, 0.3) is 0 Å². The summed E-state index contributed by atoms with van der Waals surface area (Å²) in [4.78, 5) is 0. The summed E-state index contributed by atoms with van der Waals surface area (Å²) >= 11 is 0. The molecule has 3 heteroatoms. The predicted molar refractivity (Wildman–Crippen MR) is 94.2 cm³/mol. The fourth-order valence-electron chi connectivity index (χ4n) is 3.64. The van der Waals surface area contributed by atoms with Crippen molar-refractivity contribution in [2.45, 2.75) is 89.6 Å². The van der Waals surface area contributed by atoms with Gasteiger partial charge in [-0.3, -0.25) is 0 Å². The topological polar surface area (TPSA) is 49.7 Å². The van der Waals surface area contributed by atoms with E-state index in [4.69, 9.17) is 4.74 Å². The van der Waals surface area contributed by atoms with Gasteiger partial charge in [-0.15, -0.1) is 0 Å². The highest BCUT2D eigenvalue weighted by Gasteiger charge is 2.43. The van der Waals surface area contributed by atoms with Gasteiger partial charge in [0.1, 0.15) is 0 Å². The lowest BCUT2D eigenvalue weighted by Crippen LogP contribution is -2.41. The maximum atomic E-state index is 10.9. The van der Waals surface area contributed by atoms with Gasteiger partial charge in [0.15, 0.2) is 0 Å². The molecular weight excluding hydrogens is 288 g/mol. The first-order chi connectivity index (χ1) is 10.5. The first kappa shape index (κ1) is 18.7. The highest BCUT2D eigenvalue weighted by molar-refractivity contribution is 5.11. The van der Waals surface area contributed by atoms with Crippen LogP contribution in [0.1, 0.15) is 66.7 Å². The summed E-state index contributed by atoms with van der Waals surface area (Å²) in [6, 6.07) is 0. The predicted octanol–water partition coefficient (Wildman–Crippen LogP) is 3.99. The third-order valence-corrected chi connectivity index (χ3v) is 5.55. The monoisotopic (exact) mass is 322 g/mol. The quantitative estimate of drug-likeness (QED) is 0.718. The SMILES string of the molecule is CC(C)[C@H]1/C=C/[C@](C)(O)C/C=C/[C@@]2(C)CC[C@H](O2)[C@](C)(O)CC1. The van der Waals surface area contributed by atoms with Crippen molar-refractivity contribution in [3.05, 3.63) is 24.3 Å². The molecule has 0 aromatic heterocycles. The molecule has 132 valence electrons. The van der Waals surface area contributed by atoms with Crippen LogP contribution in [0.5, 0.6) is 0 Å². The van der Waals surface area contributed by atoms with Gasteiger partial charge in [0.2, 0.25) is 0 Å². The fraction of sp³-hybridized carbons (Fsp3) is 0.800. The van der Waals surface area contributed by atoms with E-state index >= 15 is 0 Å². The number of rotatable bonds is 1. The maximum absolute atomic E-state index is 10.9. The molecule has 2 aliphatic rings. The van der Waals surface area contributed by atoms with Crippen LogP contribution in [0.3, 0.4) is 0 Å². The van der Waals surface area contributed by atoms with Gasteiger partial charge < -0.3 is 14.9 Å². The van der Waals surface area contributed by atoms with Crippen molar-refractivity contribution >= 4 is 0 Å². The molecule has 0 unspecified atom stereocenters. The third-order valence-electron chi connectivity index (χ3n) is 5.55. The zero-order valence-electron chi connectivity index (χ0n) is 15.4. The zero-order valence-corrected chi connectivity index (χ0v) is 15.4. The Morgan fingerprint density at radius 2 is 1.74 bits per heavy atom. The first-order valence-corrected chi connectivity index (χ1v) is 9.03. The van der Waals surface area contributed by atoms with Crippen molar-refractivity contribution in [1.82, 2.24) is 0 Å². The molecular formula is C20H34O3. The van der Waals surface area contributed by atoms with Gasteiger partial charge in [0.05, 0.1) is 22.9 Å². The van der Waals surface area contributed by atoms with Gasteiger partial charge in [0, 0.05) is 0 Å². The van der Waals surface area contributed by atoms with E-state index in [1.165, 1.54) is 0 Å². The Morgan fingerprint density at radius 3 is 2.39 bits per heavy atom. The molecule has 2 N–H and O–H groups in total. The molecule has 0 aromatic carbocycles. The Hall–Kier alpha value is -0.640. The van der Waals surface area contributed by atoms with E-state index in [9.17, 15) is 10.2 Å². The van der Waals surface area contributed by atoms with E-state index in [2.05, 4.69) is 32.9 Å². The number of ether oxygens (including phenoxy) is 1. The van der Waals surface area contributed by atoms with Crippen molar-refractivity contribution in [2.75, 3.05) is 0 Å². The van der Waals surface area contributed by atoms with E-state index in [0.717, 1.165) is 19.3 Å². The van der Waals surface area contributed by atoms with E-state index in [1.54, 1.807) is 0 Å². The molecule has 0 amide bonds. The lowest BCUT2D eigenvalue weighted by Gasteiger charge is -2.33. The van der Waals surface area contributed by atoms with Crippen LogP contribution in [0.2, 0.25) is 0 Å². The molecule has 0 spiro atoms. The average Bonchev–Trinajstić information content (AvgIpc) is 2.80. The lowest BCUT2D eigenvalue weighted by atomic mass is 9.82. The summed E-state index contributed by atoms with van der Waals surface area (Å²) in [7, 11) is 0. The minimum absolute atomic E-state index is 0.116. The van der Waals surface area contributed by atoms with Crippen LogP contribution >= 0.6 is 0 Å². The Balaban J connectivity index is 2.27. The van der Waals surface area contributed by atoms with Gasteiger partial charge in [-0.2, -0.15) is 0 Å². The maximum Gasteiger partial charge on any atom is 0.0880 e. The van der Waals surface area contributed by atoms with Crippen LogP contribution < -0.4 is 0 Å². The molecule has 0 radical (unpaired) electrons. The summed E-state index contributed by atoms with van der Waals surface area (Å²) in [6.07, 6.45) is 12.0. The van der Waals surface area contributed by atoms with Gasteiger partial charge in [-0.05, 0) is 64.7 Å². The molecule has 0 aliphatic carbocycles. The summed E-state index contributed by atoms with van der Waals surface area (Å²) in [5.41, 5.74) is -1.97. The number of hydrogen-bond donors (Lipinski definition) is 2. The molecule has 23 heavy (non-hydrogen) atoms. The van der Waals surface area contributed by atoms with Crippen molar-refractivity contribution in [3.63, 3.8) is 0 Å². The lowest BCUT2D eigenvalue weighted by molar-refractivity contribution is -0.114. The Bertz CT molecular complexity index is 462. The molecule has 2 aliphatic heterocycles. The van der Waals surface area contributed by atoms with Crippen LogP contribution in [0.4, 0.5) is 0 Å². The average molecular weight is 322 g/mol. The van der Waals surface area contributed by atoms with Crippen molar-refractivity contribution in [2.24, 2.45) is 11.8 Å². The minimum Gasteiger partial charge on any atom is -0.387 e. The highest BCUT2D eigenvalue weighted by Crippen LogP contribution is 2.39. The summed E-state index contributed by atoms with van der Waals surface area (Å²) in [5, 5.41) is 21.5. The second-order valence-corrected chi connectivity index (χ2v) is 8.58. The molecule has 2 heterocycles.